The monoisotopic (exact) mass is 355 g/mol. The minimum Gasteiger partial charge on any atom is -0.494 e. The predicted octanol–water partition coefficient (Wildman–Crippen LogP) is 5.47. The van der Waals surface area contributed by atoms with Gasteiger partial charge in [-0.25, -0.2) is 0 Å². The summed E-state index contributed by atoms with van der Waals surface area (Å²) in [5, 5.41) is 11.7. The van der Waals surface area contributed by atoms with Crippen molar-refractivity contribution in [2.75, 3.05) is 6.61 Å². The van der Waals surface area contributed by atoms with Crippen LogP contribution in [0.5, 0.6) is 5.75 Å². The van der Waals surface area contributed by atoms with Gasteiger partial charge in [-0.2, -0.15) is 0 Å². The summed E-state index contributed by atoms with van der Waals surface area (Å²) in [6.45, 7) is 8.80. The maximum Gasteiger partial charge on any atom is 0.223 e. The lowest BCUT2D eigenvalue weighted by molar-refractivity contribution is -0.525. The molecule has 2 aromatic carbocycles. The van der Waals surface area contributed by atoms with E-state index in [1.54, 1.807) is 0 Å². The minimum absolute atomic E-state index is 0.150. The van der Waals surface area contributed by atoms with Gasteiger partial charge in [-0.05, 0) is 48.1 Å². The van der Waals surface area contributed by atoms with Crippen LogP contribution in [-0.4, -0.2) is 17.6 Å². The average Bonchev–Trinajstić information content (AvgIpc) is 2.61. The van der Waals surface area contributed by atoms with E-state index in [0.717, 1.165) is 23.3 Å². The van der Waals surface area contributed by atoms with Crippen molar-refractivity contribution in [1.82, 2.24) is 0 Å². The molecule has 0 radical (unpaired) electrons. The SMILES string of the molecule is CCOc1ccc(C(c2ccc(CC(C)C)cc2)C(CC)[N+](=O)[O-])cc1. The van der Waals surface area contributed by atoms with E-state index < -0.39 is 6.04 Å². The standard InChI is InChI=1S/C22H29NO3/c1-5-21(23(24)25)22(19-11-13-20(14-12-19)26-6-2)18-9-7-17(8-10-18)15-16(3)4/h7-14,16,21-22H,5-6,15H2,1-4H3. The lowest BCUT2D eigenvalue weighted by Gasteiger charge is -2.22. The average molecular weight is 355 g/mol. The molecule has 0 saturated carbocycles. The quantitative estimate of drug-likeness (QED) is 0.442. The van der Waals surface area contributed by atoms with Gasteiger partial charge < -0.3 is 4.74 Å². The molecule has 0 spiro atoms. The van der Waals surface area contributed by atoms with Crippen LogP contribution >= 0.6 is 0 Å². The zero-order valence-corrected chi connectivity index (χ0v) is 16.1. The Kier molecular flexibility index (Phi) is 7.19. The molecule has 2 atom stereocenters. The Morgan fingerprint density at radius 2 is 1.50 bits per heavy atom. The van der Waals surface area contributed by atoms with Gasteiger partial charge in [0.1, 0.15) is 5.75 Å². The Morgan fingerprint density at radius 3 is 1.92 bits per heavy atom. The first-order valence-corrected chi connectivity index (χ1v) is 9.41. The molecule has 0 aliphatic carbocycles. The number of nitro groups is 1. The summed E-state index contributed by atoms with van der Waals surface area (Å²) < 4.78 is 5.50. The second kappa shape index (κ2) is 9.37. The zero-order valence-electron chi connectivity index (χ0n) is 16.1. The number of ether oxygens (including phenoxy) is 1. The van der Waals surface area contributed by atoms with Gasteiger partial charge in [-0.3, -0.25) is 10.1 Å². The van der Waals surface area contributed by atoms with Crippen molar-refractivity contribution in [3.05, 3.63) is 75.3 Å². The zero-order chi connectivity index (χ0) is 19.1. The topological polar surface area (TPSA) is 52.4 Å². The van der Waals surface area contributed by atoms with Crippen LogP contribution in [0, 0.1) is 16.0 Å². The molecule has 0 aliphatic heterocycles. The minimum atomic E-state index is -0.649. The van der Waals surface area contributed by atoms with E-state index in [2.05, 4.69) is 26.0 Å². The molecule has 4 heteroatoms. The first kappa shape index (κ1) is 20.0. The van der Waals surface area contributed by atoms with E-state index in [-0.39, 0.29) is 10.8 Å². The molecule has 140 valence electrons. The van der Waals surface area contributed by atoms with Crippen LogP contribution in [0.1, 0.15) is 56.7 Å². The maximum absolute atomic E-state index is 11.7. The molecule has 0 fully saturated rings. The first-order valence-electron chi connectivity index (χ1n) is 9.41. The third kappa shape index (κ3) is 5.07. The Labute approximate surface area is 156 Å². The van der Waals surface area contributed by atoms with E-state index in [1.807, 2.05) is 50.2 Å². The third-order valence-electron chi connectivity index (χ3n) is 4.61. The number of nitrogens with zero attached hydrogens (tertiary/aromatic N) is 1. The Balaban J connectivity index is 2.39. The summed E-state index contributed by atoms with van der Waals surface area (Å²) in [4.78, 5) is 11.5. The van der Waals surface area contributed by atoms with Gasteiger partial charge in [0.15, 0.2) is 0 Å². The molecule has 4 nitrogen and oxygen atoms in total. The molecule has 0 aliphatic rings. The van der Waals surface area contributed by atoms with Crippen LogP contribution in [0.15, 0.2) is 48.5 Å². The number of hydrogen-bond acceptors (Lipinski definition) is 3. The fraction of sp³-hybridized carbons (Fsp3) is 0.455. The Bertz CT molecular complexity index is 692. The molecule has 0 heterocycles. The molecule has 0 aromatic heterocycles. The Hall–Kier alpha value is -2.36. The summed E-state index contributed by atoms with van der Waals surface area (Å²) in [5.41, 5.74) is 3.21. The van der Waals surface area contributed by atoms with Crippen LogP contribution in [0.2, 0.25) is 0 Å². The normalized spacial score (nSPS) is 13.4. The highest BCUT2D eigenvalue weighted by molar-refractivity contribution is 5.38. The smallest absolute Gasteiger partial charge is 0.223 e. The number of benzene rings is 2. The molecule has 2 aromatic rings. The van der Waals surface area contributed by atoms with Gasteiger partial charge >= 0.3 is 0 Å². The summed E-state index contributed by atoms with van der Waals surface area (Å²) >= 11 is 0. The van der Waals surface area contributed by atoms with Crippen LogP contribution in [-0.2, 0) is 6.42 Å². The third-order valence-corrected chi connectivity index (χ3v) is 4.61. The summed E-state index contributed by atoms with van der Waals surface area (Å²) in [6, 6.07) is 15.3. The second-order valence-corrected chi connectivity index (χ2v) is 7.08. The van der Waals surface area contributed by atoms with Gasteiger partial charge in [0.25, 0.3) is 0 Å². The number of hydrogen-bond donors (Lipinski definition) is 0. The summed E-state index contributed by atoms with van der Waals surface area (Å²) in [5.74, 6) is 1.11. The predicted molar refractivity (Wildman–Crippen MR) is 106 cm³/mol. The first-order chi connectivity index (χ1) is 12.5. The van der Waals surface area contributed by atoms with Gasteiger partial charge in [-0.15, -0.1) is 0 Å². The van der Waals surface area contributed by atoms with Crippen LogP contribution in [0.3, 0.4) is 0 Å². The van der Waals surface area contributed by atoms with E-state index in [9.17, 15) is 10.1 Å². The lowest BCUT2D eigenvalue weighted by atomic mass is 9.83. The molecule has 0 amide bonds. The molecule has 0 N–H and O–H groups in total. The molecular formula is C22H29NO3. The van der Waals surface area contributed by atoms with E-state index >= 15 is 0 Å². The fourth-order valence-electron chi connectivity index (χ4n) is 3.41. The van der Waals surface area contributed by atoms with Crippen molar-refractivity contribution in [2.24, 2.45) is 5.92 Å². The molecule has 0 saturated heterocycles. The largest absolute Gasteiger partial charge is 0.494 e. The molecule has 2 rings (SSSR count). The molecular weight excluding hydrogens is 326 g/mol. The lowest BCUT2D eigenvalue weighted by Crippen LogP contribution is -2.27. The number of rotatable bonds is 9. The van der Waals surface area contributed by atoms with Crippen molar-refractivity contribution in [1.29, 1.82) is 0 Å². The van der Waals surface area contributed by atoms with Gasteiger partial charge in [0.05, 0.1) is 12.5 Å². The molecule has 0 bridgehead atoms. The van der Waals surface area contributed by atoms with E-state index in [4.69, 9.17) is 4.74 Å². The summed E-state index contributed by atoms with van der Waals surface area (Å²) in [6.07, 6.45) is 1.50. The highest BCUT2D eigenvalue weighted by atomic mass is 16.6. The van der Waals surface area contributed by atoms with Gasteiger partial charge in [-0.1, -0.05) is 57.2 Å². The van der Waals surface area contributed by atoms with Gasteiger partial charge in [0.2, 0.25) is 6.04 Å². The van der Waals surface area contributed by atoms with Crippen LogP contribution < -0.4 is 4.74 Å². The van der Waals surface area contributed by atoms with Crippen molar-refractivity contribution in [3.63, 3.8) is 0 Å². The Morgan fingerprint density at radius 1 is 0.962 bits per heavy atom. The van der Waals surface area contributed by atoms with E-state index in [1.165, 1.54) is 5.56 Å². The fourth-order valence-corrected chi connectivity index (χ4v) is 3.41. The van der Waals surface area contributed by atoms with Crippen LogP contribution in [0.25, 0.3) is 0 Å². The highest BCUT2D eigenvalue weighted by Gasteiger charge is 2.32. The van der Waals surface area contributed by atoms with E-state index in [0.29, 0.717) is 18.9 Å². The van der Waals surface area contributed by atoms with Gasteiger partial charge in [0, 0.05) is 11.3 Å². The molecule has 2 unspecified atom stereocenters. The van der Waals surface area contributed by atoms with Crippen molar-refractivity contribution >= 4 is 0 Å². The maximum atomic E-state index is 11.7. The molecule has 26 heavy (non-hydrogen) atoms. The second-order valence-electron chi connectivity index (χ2n) is 7.08. The van der Waals surface area contributed by atoms with Crippen LogP contribution in [0.4, 0.5) is 0 Å². The van der Waals surface area contributed by atoms with Crippen molar-refractivity contribution in [3.8, 4) is 5.75 Å². The summed E-state index contributed by atoms with van der Waals surface area (Å²) in [7, 11) is 0. The highest BCUT2D eigenvalue weighted by Crippen LogP contribution is 2.32. The van der Waals surface area contributed by atoms with Crippen molar-refractivity contribution < 1.29 is 9.66 Å². The van der Waals surface area contributed by atoms with Crippen molar-refractivity contribution in [2.45, 2.75) is 52.5 Å².